The highest BCUT2D eigenvalue weighted by Crippen LogP contribution is 2.37. The molecule has 0 amide bonds. The first-order chi connectivity index (χ1) is 66.2. The number of fused-ring (bicyclic) bond motifs is 5. The van der Waals surface area contributed by atoms with Crippen molar-refractivity contribution in [3.05, 3.63) is 590 Å². The summed E-state index contributed by atoms with van der Waals surface area (Å²) in [5.74, 6) is 0. The zero-order valence-corrected chi connectivity index (χ0v) is 78.9. The summed E-state index contributed by atoms with van der Waals surface area (Å²) in [7, 11) is 0. The van der Waals surface area contributed by atoms with Gasteiger partial charge in [-0.25, -0.2) is 0 Å². The number of hydrogen-bond donors (Lipinski definition) is 0. The van der Waals surface area contributed by atoms with Gasteiger partial charge in [0.25, 0.3) is 0 Å². The average molecular weight is 1740 g/mol. The van der Waals surface area contributed by atoms with Crippen LogP contribution in [0.3, 0.4) is 0 Å². The van der Waals surface area contributed by atoms with Gasteiger partial charge in [-0.3, -0.25) is 0 Å². The van der Waals surface area contributed by atoms with Gasteiger partial charge in [0.1, 0.15) is 0 Å². The van der Waals surface area contributed by atoms with Gasteiger partial charge in [0.2, 0.25) is 0 Å². The lowest BCUT2D eigenvalue weighted by Crippen LogP contribution is -1.85. The van der Waals surface area contributed by atoms with Crippen molar-refractivity contribution >= 4 is 86.2 Å². The Kier molecular flexibility index (Phi) is 32.8. The molecule has 0 bridgehead atoms. The van der Waals surface area contributed by atoms with Crippen molar-refractivity contribution in [2.45, 2.75) is 62.3 Å². The molecule has 24 aromatic rings. The second kappa shape index (κ2) is 47.4. The van der Waals surface area contributed by atoms with Crippen LogP contribution in [0.15, 0.2) is 540 Å². The van der Waals surface area contributed by atoms with Crippen LogP contribution in [0, 0.1) is 62.3 Å². The van der Waals surface area contributed by atoms with E-state index in [9.17, 15) is 0 Å². The zero-order chi connectivity index (χ0) is 93.3. The standard InChI is InChI=1S/C17H12.3C17H14.3C13H12.C11H10.C10H8.C7H8/c1-11-5-6-14-8-7-12-3-2-4-13-9-10-15(11)17(14)16(12)13;1-13-6-2-5-9-17(13)16-11-10-14-7-3-4-8-15(14)12-16;1-13-11-12-16(14-7-3-2-4-8-14)17-10-6-5-9-15(13)17;1-13-6-8-15(9-7-13)17-11-10-14-4-2-3-5-16(14)12-17;1-11-7-5-6-10-13(11)12-8-3-2-4-9-12;1-11-6-5-9-13(10-11)12-7-3-2-4-8-12;1-11-7-9-13(10-8-11)12-5-3-2-4-6-12;1-9-6-7-10-4-2-3-5-11(10)8-9;1-2-6-10-8-4-3-7-9(10)5-1;1-7-5-3-2-4-6-7/h2-10H,1H3;3*2-12H,1H3;3*2-10H,1H3;2-8H,1H3;1-8H;2-6H,1H3. The van der Waals surface area contributed by atoms with Crippen molar-refractivity contribution in [3.8, 4) is 66.8 Å². The minimum absolute atomic E-state index is 1.28. The van der Waals surface area contributed by atoms with Crippen molar-refractivity contribution < 1.29 is 0 Å². The van der Waals surface area contributed by atoms with Crippen molar-refractivity contribution in [1.29, 1.82) is 0 Å². The van der Waals surface area contributed by atoms with Crippen molar-refractivity contribution in [2.75, 3.05) is 0 Å². The molecule has 0 aliphatic heterocycles. The summed E-state index contributed by atoms with van der Waals surface area (Å²) in [5.41, 5.74) is 27.4. The topological polar surface area (TPSA) is 0 Å². The molecule has 0 radical (unpaired) electrons. The molecule has 0 unspecified atom stereocenters. The largest absolute Gasteiger partial charge is 0.0622 e. The third-order valence-corrected chi connectivity index (χ3v) is 24.3. The molecular formula is C135H116. The Hall–Kier alpha value is -16.4. The second-order valence-corrected chi connectivity index (χ2v) is 34.4. The van der Waals surface area contributed by atoms with Crippen molar-refractivity contribution in [3.63, 3.8) is 0 Å². The van der Waals surface area contributed by atoms with Gasteiger partial charge in [0, 0.05) is 0 Å². The highest BCUT2D eigenvalue weighted by molar-refractivity contribution is 6.23. The predicted molar refractivity (Wildman–Crippen MR) is 591 cm³/mol. The van der Waals surface area contributed by atoms with Crippen LogP contribution in [-0.2, 0) is 0 Å². The SMILES string of the molecule is Cc1ccc(-c2ccc3ccccc3c2)cc1.Cc1ccc(-c2ccccc2)c2ccccc12.Cc1ccc(-c2ccccc2)cc1.Cc1ccc2ccc3cccc4ccc1c2c34.Cc1ccc2ccccc2c1.Cc1cccc(-c2ccccc2)c1.Cc1ccccc1.Cc1ccccc1-c1ccc2ccccc2c1.Cc1ccccc1-c1ccccc1.c1ccc2ccccc2c1. The summed E-state index contributed by atoms with van der Waals surface area (Å²) in [6.07, 6.45) is 0. The van der Waals surface area contributed by atoms with Crippen LogP contribution in [0.4, 0.5) is 0 Å². The number of rotatable bonds is 6. The molecule has 24 aromatic carbocycles. The van der Waals surface area contributed by atoms with Crippen LogP contribution >= 0.6 is 0 Å². The van der Waals surface area contributed by atoms with E-state index in [0.717, 1.165) is 0 Å². The minimum atomic E-state index is 1.28. The second-order valence-electron chi connectivity index (χ2n) is 34.4. The van der Waals surface area contributed by atoms with Crippen LogP contribution in [0.1, 0.15) is 50.1 Å². The van der Waals surface area contributed by atoms with E-state index in [1.54, 1.807) is 0 Å². The van der Waals surface area contributed by atoms with E-state index in [1.807, 2.05) is 36.4 Å². The Morgan fingerprint density at radius 2 is 0.370 bits per heavy atom. The summed E-state index contributed by atoms with van der Waals surface area (Å²) in [6, 6.07) is 190. The Bertz CT molecular complexity index is 7750. The number of aryl methyl sites for hydroxylation is 9. The fourth-order valence-electron chi connectivity index (χ4n) is 16.9. The maximum Gasteiger partial charge on any atom is -0.00241 e. The molecule has 0 saturated carbocycles. The first-order valence-electron chi connectivity index (χ1n) is 46.7. The quantitative estimate of drug-likeness (QED) is 0.146. The van der Waals surface area contributed by atoms with Gasteiger partial charge in [-0.1, -0.05) is 556 Å². The van der Waals surface area contributed by atoms with E-state index in [4.69, 9.17) is 0 Å². The van der Waals surface area contributed by atoms with E-state index >= 15 is 0 Å². The van der Waals surface area contributed by atoms with Gasteiger partial charge in [-0.2, -0.15) is 0 Å². The highest BCUT2D eigenvalue weighted by atomic mass is 14.2. The molecule has 135 heavy (non-hydrogen) atoms. The molecule has 656 valence electrons. The zero-order valence-electron chi connectivity index (χ0n) is 78.9. The molecule has 0 nitrogen and oxygen atoms in total. The van der Waals surface area contributed by atoms with E-state index < -0.39 is 0 Å². The van der Waals surface area contributed by atoms with Gasteiger partial charge in [0.15, 0.2) is 0 Å². The van der Waals surface area contributed by atoms with Crippen LogP contribution in [0.25, 0.3) is 153 Å². The summed E-state index contributed by atoms with van der Waals surface area (Å²) >= 11 is 0. The van der Waals surface area contributed by atoms with Gasteiger partial charge >= 0.3 is 0 Å². The monoisotopic (exact) mass is 1740 g/mol. The summed E-state index contributed by atoms with van der Waals surface area (Å²) in [6.45, 7) is 19.2. The average Bonchev–Trinajstić information content (AvgIpc) is 0.740. The van der Waals surface area contributed by atoms with Gasteiger partial charge in [-0.15, -0.1) is 0 Å². The van der Waals surface area contributed by atoms with Gasteiger partial charge < -0.3 is 0 Å². The maximum atomic E-state index is 2.26. The number of benzene rings is 24. The third kappa shape index (κ3) is 25.9. The summed E-state index contributed by atoms with van der Waals surface area (Å²) in [5, 5.41) is 21.4. The van der Waals surface area contributed by atoms with E-state index in [1.165, 1.54) is 203 Å². The maximum absolute atomic E-state index is 2.26. The minimum Gasteiger partial charge on any atom is -0.0622 e. The predicted octanol–water partition coefficient (Wildman–Crippen LogP) is 38.3. The lowest BCUT2D eigenvalue weighted by molar-refractivity contribution is 1.46. The molecule has 0 fully saturated rings. The first-order valence-corrected chi connectivity index (χ1v) is 46.7. The van der Waals surface area contributed by atoms with Crippen molar-refractivity contribution in [1.82, 2.24) is 0 Å². The van der Waals surface area contributed by atoms with Crippen LogP contribution in [0.5, 0.6) is 0 Å². The fraction of sp³-hybridized carbons (Fsp3) is 0.0667. The molecule has 0 aliphatic carbocycles. The van der Waals surface area contributed by atoms with Crippen LogP contribution < -0.4 is 0 Å². The molecule has 0 spiro atoms. The van der Waals surface area contributed by atoms with Crippen LogP contribution in [0.2, 0.25) is 0 Å². The normalized spacial score (nSPS) is 10.4. The Balaban J connectivity index is 0.000000115. The molecule has 0 aliphatic rings. The molecule has 0 heteroatoms. The van der Waals surface area contributed by atoms with E-state index in [0.29, 0.717) is 0 Å². The molecule has 0 N–H and O–H groups in total. The molecule has 0 heterocycles. The molecule has 0 aromatic heterocycles. The summed E-state index contributed by atoms with van der Waals surface area (Å²) < 4.78 is 0. The lowest BCUT2D eigenvalue weighted by Gasteiger charge is -2.11. The Morgan fingerprint density at radius 1 is 0.104 bits per heavy atom. The van der Waals surface area contributed by atoms with Gasteiger partial charge in [0.05, 0.1) is 0 Å². The summed E-state index contributed by atoms with van der Waals surface area (Å²) in [4.78, 5) is 0. The molecular weight excluding hydrogens is 1620 g/mol. The van der Waals surface area contributed by atoms with E-state index in [2.05, 4.69) is 566 Å². The number of hydrogen-bond acceptors (Lipinski definition) is 0. The molecule has 0 atom stereocenters. The van der Waals surface area contributed by atoms with Crippen molar-refractivity contribution in [2.24, 2.45) is 0 Å². The van der Waals surface area contributed by atoms with E-state index in [-0.39, 0.29) is 0 Å². The lowest BCUT2D eigenvalue weighted by atomic mass is 9.92. The van der Waals surface area contributed by atoms with Crippen LogP contribution in [-0.4, -0.2) is 0 Å². The molecule has 0 saturated heterocycles. The highest BCUT2D eigenvalue weighted by Gasteiger charge is 2.11. The molecule has 24 rings (SSSR count). The third-order valence-electron chi connectivity index (χ3n) is 24.3. The fourth-order valence-corrected chi connectivity index (χ4v) is 16.9. The Morgan fingerprint density at radius 3 is 0.852 bits per heavy atom. The van der Waals surface area contributed by atoms with Gasteiger partial charge in [-0.05, 0) is 250 Å². The smallest absolute Gasteiger partial charge is 0.00241 e. The first kappa shape index (κ1) is 93.3. The Labute approximate surface area is 799 Å².